The first kappa shape index (κ1) is 16.7. The van der Waals surface area contributed by atoms with Gasteiger partial charge in [0, 0.05) is 11.3 Å². The lowest BCUT2D eigenvalue weighted by atomic mass is 10.1. The lowest BCUT2D eigenvalue weighted by molar-refractivity contribution is -0.115. The second-order valence-corrected chi connectivity index (χ2v) is 6.25. The number of aryl methyl sites for hydroxylation is 1. The van der Waals surface area contributed by atoms with Gasteiger partial charge in [-0.05, 0) is 25.1 Å². The Labute approximate surface area is 154 Å². The lowest BCUT2D eigenvalue weighted by Crippen LogP contribution is -2.22. The van der Waals surface area contributed by atoms with E-state index in [2.05, 4.69) is 20.6 Å². The summed E-state index contributed by atoms with van der Waals surface area (Å²) in [6.07, 6.45) is -0.0168. The minimum Gasteiger partial charge on any atom is -0.326 e. The second-order valence-electron chi connectivity index (χ2n) is 6.25. The fourth-order valence-electron chi connectivity index (χ4n) is 2.81. The van der Waals surface area contributed by atoms with Gasteiger partial charge in [0.2, 0.25) is 5.91 Å². The van der Waals surface area contributed by atoms with Gasteiger partial charge in [0.15, 0.2) is 5.82 Å². The summed E-state index contributed by atoms with van der Waals surface area (Å²) in [5.74, 6) is 0.118. The first-order chi connectivity index (χ1) is 13.1. The highest BCUT2D eigenvalue weighted by atomic mass is 16.1. The number of H-pyrrole nitrogens is 1. The number of amides is 1. The van der Waals surface area contributed by atoms with Gasteiger partial charge in [-0.2, -0.15) is 10.2 Å². The first-order valence-electron chi connectivity index (χ1n) is 8.49. The van der Waals surface area contributed by atoms with Gasteiger partial charge in [0.25, 0.3) is 5.56 Å². The van der Waals surface area contributed by atoms with E-state index in [9.17, 15) is 9.59 Å². The SMILES string of the molecule is Cc1ccc(NC(=O)Cc2n[nH]c(=O)c3cc(-c4ccccc4)nn23)cc1. The zero-order chi connectivity index (χ0) is 18.8. The number of aromatic amines is 1. The first-order valence-corrected chi connectivity index (χ1v) is 8.49. The molecule has 2 aromatic carbocycles. The van der Waals surface area contributed by atoms with Crippen LogP contribution in [0.25, 0.3) is 16.8 Å². The molecule has 7 nitrogen and oxygen atoms in total. The molecule has 2 heterocycles. The number of hydrogen-bond acceptors (Lipinski definition) is 4. The summed E-state index contributed by atoms with van der Waals surface area (Å²) >= 11 is 0. The summed E-state index contributed by atoms with van der Waals surface area (Å²) in [4.78, 5) is 24.5. The van der Waals surface area contributed by atoms with E-state index >= 15 is 0 Å². The van der Waals surface area contributed by atoms with E-state index in [4.69, 9.17) is 0 Å². The molecule has 2 N–H and O–H groups in total. The minimum atomic E-state index is -0.354. The Hall–Kier alpha value is -3.74. The van der Waals surface area contributed by atoms with Gasteiger partial charge in [-0.1, -0.05) is 48.0 Å². The third-order valence-electron chi connectivity index (χ3n) is 4.20. The molecule has 0 aliphatic heterocycles. The standard InChI is InChI=1S/C20H17N5O2/c1-13-7-9-15(10-8-13)21-19(26)12-18-22-23-20(27)17-11-16(24-25(17)18)14-5-3-2-4-6-14/h2-11H,12H2,1H3,(H,21,26)(H,23,27). The van der Waals surface area contributed by atoms with Crippen molar-refractivity contribution in [2.24, 2.45) is 0 Å². The predicted octanol–water partition coefficient (Wildman–Crippen LogP) is 2.57. The zero-order valence-electron chi connectivity index (χ0n) is 14.6. The Morgan fingerprint density at radius 1 is 1.11 bits per heavy atom. The van der Waals surface area contributed by atoms with Crippen molar-refractivity contribution in [2.75, 3.05) is 5.32 Å². The molecule has 0 radical (unpaired) electrons. The molecule has 0 aliphatic rings. The van der Waals surface area contributed by atoms with Crippen LogP contribution in [0.15, 0.2) is 65.5 Å². The number of aromatic nitrogens is 4. The molecule has 0 bridgehead atoms. The molecule has 7 heteroatoms. The van der Waals surface area contributed by atoms with E-state index in [-0.39, 0.29) is 17.9 Å². The monoisotopic (exact) mass is 359 g/mol. The molecular weight excluding hydrogens is 342 g/mol. The van der Waals surface area contributed by atoms with Gasteiger partial charge in [-0.3, -0.25) is 9.59 Å². The molecule has 4 aromatic rings. The Morgan fingerprint density at radius 2 is 1.85 bits per heavy atom. The van der Waals surface area contributed by atoms with Gasteiger partial charge in [0.05, 0.1) is 12.1 Å². The molecule has 4 rings (SSSR count). The van der Waals surface area contributed by atoms with Gasteiger partial charge >= 0.3 is 0 Å². The maximum absolute atomic E-state index is 12.4. The maximum atomic E-state index is 12.4. The van der Waals surface area contributed by atoms with Crippen LogP contribution < -0.4 is 10.9 Å². The second kappa shape index (κ2) is 6.87. The van der Waals surface area contributed by atoms with Crippen LogP contribution in [0.3, 0.4) is 0 Å². The number of benzene rings is 2. The number of nitrogens with one attached hydrogen (secondary N) is 2. The number of nitrogens with zero attached hydrogens (tertiary/aromatic N) is 3. The molecule has 27 heavy (non-hydrogen) atoms. The van der Waals surface area contributed by atoms with Crippen molar-refractivity contribution in [3.05, 3.63) is 82.4 Å². The van der Waals surface area contributed by atoms with E-state index < -0.39 is 0 Å². The van der Waals surface area contributed by atoms with E-state index in [0.29, 0.717) is 22.7 Å². The molecule has 0 saturated heterocycles. The van der Waals surface area contributed by atoms with Crippen LogP contribution in [0.5, 0.6) is 0 Å². The Kier molecular flexibility index (Phi) is 4.25. The van der Waals surface area contributed by atoms with Crippen molar-refractivity contribution in [2.45, 2.75) is 13.3 Å². The molecule has 0 atom stereocenters. The van der Waals surface area contributed by atoms with Crippen molar-refractivity contribution in [1.82, 2.24) is 19.8 Å². The molecule has 134 valence electrons. The number of hydrogen-bond donors (Lipinski definition) is 2. The molecule has 2 aromatic heterocycles. The van der Waals surface area contributed by atoms with E-state index in [1.165, 1.54) is 4.52 Å². The molecule has 0 unspecified atom stereocenters. The molecule has 0 aliphatic carbocycles. The lowest BCUT2D eigenvalue weighted by Gasteiger charge is -2.06. The summed E-state index contributed by atoms with van der Waals surface area (Å²) in [6.45, 7) is 1.98. The van der Waals surface area contributed by atoms with Crippen LogP contribution in [-0.2, 0) is 11.2 Å². The normalized spacial score (nSPS) is 10.9. The van der Waals surface area contributed by atoms with Crippen molar-refractivity contribution < 1.29 is 4.79 Å². The Morgan fingerprint density at radius 3 is 2.59 bits per heavy atom. The number of rotatable bonds is 4. The zero-order valence-corrected chi connectivity index (χ0v) is 14.6. The van der Waals surface area contributed by atoms with Crippen molar-refractivity contribution in [3.8, 4) is 11.3 Å². The Bertz CT molecular complexity index is 1160. The number of carbonyl (C=O) groups excluding carboxylic acids is 1. The fraction of sp³-hybridized carbons (Fsp3) is 0.100. The predicted molar refractivity (Wildman–Crippen MR) is 103 cm³/mol. The van der Waals surface area contributed by atoms with Crippen molar-refractivity contribution in [3.63, 3.8) is 0 Å². The van der Waals surface area contributed by atoms with E-state index in [0.717, 1.165) is 11.1 Å². The number of fused-ring (bicyclic) bond motifs is 1. The molecule has 0 fully saturated rings. The summed E-state index contributed by atoms with van der Waals surface area (Å²) in [5, 5.41) is 13.7. The van der Waals surface area contributed by atoms with Crippen LogP contribution in [-0.4, -0.2) is 25.7 Å². The quantitative estimate of drug-likeness (QED) is 0.586. The highest BCUT2D eigenvalue weighted by molar-refractivity contribution is 5.91. The maximum Gasteiger partial charge on any atom is 0.290 e. The third-order valence-corrected chi connectivity index (χ3v) is 4.20. The average molecular weight is 359 g/mol. The molecule has 1 amide bonds. The average Bonchev–Trinajstić information content (AvgIpc) is 3.13. The summed E-state index contributed by atoms with van der Waals surface area (Å²) < 4.78 is 1.43. The summed E-state index contributed by atoms with van der Waals surface area (Å²) in [7, 11) is 0. The van der Waals surface area contributed by atoms with E-state index in [1.807, 2.05) is 61.5 Å². The highest BCUT2D eigenvalue weighted by Crippen LogP contribution is 2.18. The van der Waals surface area contributed by atoms with Gasteiger partial charge in [-0.25, -0.2) is 9.61 Å². The van der Waals surface area contributed by atoms with Crippen LogP contribution >= 0.6 is 0 Å². The number of carbonyl (C=O) groups is 1. The molecule has 0 spiro atoms. The summed E-state index contributed by atoms with van der Waals surface area (Å²) in [5.41, 5.74) is 3.35. The highest BCUT2D eigenvalue weighted by Gasteiger charge is 2.14. The molecular formula is C20H17N5O2. The van der Waals surface area contributed by atoms with Crippen molar-refractivity contribution >= 4 is 17.1 Å². The van der Waals surface area contributed by atoms with E-state index in [1.54, 1.807) is 6.07 Å². The largest absolute Gasteiger partial charge is 0.326 e. The van der Waals surface area contributed by atoms with Gasteiger partial charge in [-0.15, -0.1) is 0 Å². The smallest absolute Gasteiger partial charge is 0.290 e. The van der Waals surface area contributed by atoms with Crippen LogP contribution in [0, 0.1) is 6.92 Å². The van der Waals surface area contributed by atoms with Crippen molar-refractivity contribution in [1.29, 1.82) is 0 Å². The fourth-order valence-corrected chi connectivity index (χ4v) is 2.81. The molecule has 0 saturated carbocycles. The van der Waals surface area contributed by atoms with Crippen LogP contribution in [0.4, 0.5) is 5.69 Å². The Balaban J connectivity index is 1.64. The van der Waals surface area contributed by atoms with Crippen LogP contribution in [0.2, 0.25) is 0 Å². The topological polar surface area (TPSA) is 92.1 Å². The summed E-state index contributed by atoms with van der Waals surface area (Å²) in [6, 6.07) is 18.7. The third kappa shape index (κ3) is 3.48. The number of anilines is 1. The van der Waals surface area contributed by atoms with Crippen LogP contribution in [0.1, 0.15) is 11.4 Å². The minimum absolute atomic E-state index is 0.0168. The van der Waals surface area contributed by atoms with Gasteiger partial charge in [0.1, 0.15) is 5.52 Å². The van der Waals surface area contributed by atoms with Gasteiger partial charge < -0.3 is 5.32 Å².